The number of aromatic nitrogens is 1. The first-order chi connectivity index (χ1) is 22.4. The Morgan fingerprint density at radius 1 is 1.07 bits per heavy atom. The Kier molecular flexibility index (Phi) is 10.1. The van der Waals surface area contributed by atoms with Crippen molar-refractivity contribution in [3.8, 4) is 5.75 Å². The second kappa shape index (κ2) is 14.4. The standard InChI is InChI=1S/C34H33ClN4O5SSe/c1-3-13-37-27-22-26(35)30(44-45(42)36-16-18-43-19-17-36)23-28(27)38(14-4-2)32(37)10-7-11-33-39(15-12-34(40)41)29-20-24-8-5-6-9-25(24)21-31(29)46-33/h3-11,20-23H,1-2,12-19H2/p+1. The van der Waals surface area contributed by atoms with Gasteiger partial charge in [-0.15, -0.1) is 0 Å². The molecule has 0 amide bonds. The fraction of sp³-hybridized carbons (Fsp3) is 0.235. The van der Waals surface area contributed by atoms with Gasteiger partial charge in [0.15, 0.2) is 0 Å². The van der Waals surface area contributed by atoms with Crippen LogP contribution in [0.4, 0.5) is 11.4 Å². The fourth-order valence-electron chi connectivity index (χ4n) is 5.63. The Morgan fingerprint density at radius 2 is 1.74 bits per heavy atom. The summed E-state index contributed by atoms with van der Waals surface area (Å²) in [6.07, 6.45) is 9.81. The van der Waals surface area contributed by atoms with E-state index in [-0.39, 0.29) is 20.9 Å². The first-order valence-corrected chi connectivity index (χ1v) is 18.0. The molecule has 12 heteroatoms. The number of aliphatic carboxylic acids is 1. The third-order valence-electron chi connectivity index (χ3n) is 7.76. The van der Waals surface area contributed by atoms with Gasteiger partial charge in [-0.1, -0.05) is 0 Å². The fourth-order valence-corrected chi connectivity index (χ4v) is 9.09. The average Bonchev–Trinajstić information content (AvgIpc) is 3.53. The van der Waals surface area contributed by atoms with E-state index in [9.17, 15) is 14.1 Å². The molecule has 0 bridgehead atoms. The van der Waals surface area contributed by atoms with E-state index in [4.69, 9.17) is 20.5 Å². The number of nitrogens with zero attached hydrogens (tertiary/aromatic N) is 4. The van der Waals surface area contributed by atoms with Crippen LogP contribution in [0.1, 0.15) is 11.0 Å². The molecule has 46 heavy (non-hydrogen) atoms. The van der Waals surface area contributed by atoms with Crippen LogP contribution in [0.15, 0.2) is 91.8 Å². The van der Waals surface area contributed by atoms with Gasteiger partial charge in [-0.2, -0.15) is 0 Å². The molecule has 6 rings (SSSR count). The third kappa shape index (κ3) is 6.71. The quantitative estimate of drug-likeness (QED) is 0.121. The number of carbonyl (C=O) groups is 1. The van der Waals surface area contributed by atoms with Crippen LogP contribution < -0.4 is 18.6 Å². The summed E-state index contributed by atoms with van der Waals surface area (Å²) in [5, 5.41) is 12.1. The van der Waals surface area contributed by atoms with Crippen molar-refractivity contribution in [3.63, 3.8) is 0 Å². The van der Waals surface area contributed by atoms with Crippen molar-refractivity contribution in [1.82, 2.24) is 4.31 Å². The molecule has 1 fully saturated rings. The zero-order valence-corrected chi connectivity index (χ0v) is 28.4. The Bertz CT molecular complexity index is 1900. The van der Waals surface area contributed by atoms with E-state index in [1.807, 2.05) is 48.6 Å². The predicted octanol–water partition coefficient (Wildman–Crippen LogP) is 5.31. The Hall–Kier alpha value is -3.70. The van der Waals surface area contributed by atoms with Gasteiger partial charge in [0.05, 0.1) is 13.2 Å². The van der Waals surface area contributed by atoms with Crippen LogP contribution in [0, 0.1) is 0 Å². The summed E-state index contributed by atoms with van der Waals surface area (Å²) >= 11 is 4.99. The van der Waals surface area contributed by atoms with E-state index in [0.717, 1.165) is 32.7 Å². The van der Waals surface area contributed by atoms with Gasteiger partial charge in [0, 0.05) is 13.1 Å². The summed E-state index contributed by atoms with van der Waals surface area (Å²) in [5.41, 5.74) is 2.79. The molecule has 1 saturated heterocycles. The van der Waals surface area contributed by atoms with Gasteiger partial charge in [-0.05, 0) is 0 Å². The Morgan fingerprint density at radius 3 is 2.41 bits per heavy atom. The third-order valence-corrected chi connectivity index (χ3v) is 11.5. The van der Waals surface area contributed by atoms with Crippen LogP contribution in [0.25, 0.3) is 26.6 Å². The van der Waals surface area contributed by atoms with Gasteiger partial charge in [0.1, 0.15) is 0 Å². The van der Waals surface area contributed by atoms with Crippen molar-refractivity contribution in [1.29, 1.82) is 0 Å². The molecule has 3 aromatic carbocycles. The number of rotatable bonds is 12. The topological polar surface area (TPSA) is 86.4 Å². The van der Waals surface area contributed by atoms with Crippen molar-refractivity contribution in [3.05, 3.63) is 101 Å². The van der Waals surface area contributed by atoms with Crippen LogP contribution in [-0.2, 0) is 27.3 Å². The van der Waals surface area contributed by atoms with Crippen molar-refractivity contribution >= 4 is 81.3 Å². The molecule has 1 atom stereocenters. The maximum atomic E-state index is 13.0. The Labute approximate surface area is 281 Å². The van der Waals surface area contributed by atoms with Crippen molar-refractivity contribution in [2.75, 3.05) is 49.2 Å². The van der Waals surface area contributed by atoms with E-state index in [0.29, 0.717) is 56.7 Å². The van der Waals surface area contributed by atoms with Crippen LogP contribution in [0.2, 0.25) is 5.02 Å². The van der Waals surface area contributed by atoms with E-state index in [1.54, 1.807) is 4.31 Å². The number of morpholine rings is 1. The number of hydrogen-bond acceptors (Lipinski definition) is 6. The second-order valence-electron chi connectivity index (χ2n) is 10.7. The molecule has 1 aromatic heterocycles. The van der Waals surface area contributed by atoms with Gasteiger partial charge in [0.25, 0.3) is 0 Å². The number of halogens is 1. The summed E-state index contributed by atoms with van der Waals surface area (Å²) in [6, 6.07) is 16.3. The van der Waals surface area contributed by atoms with Crippen molar-refractivity contribution in [2.24, 2.45) is 0 Å². The minimum atomic E-state index is -1.71. The van der Waals surface area contributed by atoms with E-state index >= 15 is 0 Å². The molecule has 0 spiro atoms. The molecule has 0 saturated carbocycles. The molecule has 2 aliphatic heterocycles. The Balaban J connectivity index is 1.36. The number of hydrogen-bond donors (Lipinski definition) is 1. The van der Waals surface area contributed by atoms with E-state index in [1.165, 1.54) is 9.65 Å². The summed E-state index contributed by atoms with van der Waals surface area (Å²) < 4.78 is 30.4. The molecule has 0 radical (unpaired) electrons. The molecule has 1 unspecified atom stereocenters. The zero-order chi connectivity index (χ0) is 32.2. The summed E-state index contributed by atoms with van der Waals surface area (Å²) in [5.74, 6) is 0.393. The average molecular weight is 725 g/mol. The second-order valence-corrected chi connectivity index (χ2v) is 14.5. The van der Waals surface area contributed by atoms with Crippen molar-refractivity contribution in [2.45, 2.75) is 13.0 Å². The van der Waals surface area contributed by atoms with Gasteiger partial charge in [0.2, 0.25) is 0 Å². The monoisotopic (exact) mass is 725 g/mol. The number of ether oxygens (including phenoxy) is 1. The summed E-state index contributed by atoms with van der Waals surface area (Å²) in [6.45, 7) is 11.4. The van der Waals surface area contributed by atoms with Crippen LogP contribution in [0.5, 0.6) is 5.75 Å². The number of fused-ring (bicyclic) bond motifs is 3. The molecular weight excluding hydrogens is 691 g/mol. The molecule has 3 heterocycles. The van der Waals surface area contributed by atoms with E-state index in [2.05, 4.69) is 57.9 Å². The van der Waals surface area contributed by atoms with Crippen molar-refractivity contribution < 1.29 is 27.6 Å². The molecule has 1 N–H and O–H groups in total. The molecule has 4 aromatic rings. The van der Waals surface area contributed by atoms with Crippen LogP contribution in [-0.4, -0.2) is 73.5 Å². The first kappa shape index (κ1) is 32.2. The predicted molar refractivity (Wildman–Crippen MR) is 186 cm³/mol. The normalized spacial score (nSPS) is 16.8. The molecule has 2 aliphatic rings. The molecule has 238 valence electrons. The van der Waals surface area contributed by atoms with Gasteiger partial charge in [-0.3, -0.25) is 0 Å². The van der Waals surface area contributed by atoms with Crippen LogP contribution in [0.3, 0.4) is 0 Å². The first-order valence-electron chi connectivity index (χ1n) is 14.9. The molecule has 0 aliphatic carbocycles. The summed E-state index contributed by atoms with van der Waals surface area (Å²) in [7, 11) is 0. The maximum absolute atomic E-state index is 13.0. The zero-order valence-electron chi connectivity index (χ0n) is 25.1. The number of aryl methyl sites for hydroxylation is 1. The number of carboxylic acid groups (broad SMARTS) is 1. The number of carboxylic acids is 1. The van der Waals surface area contributed by atoms with Crippen LogP contribution >= 0.6 is 11.6 Å². The van der Waals surface area contributed by atoms with E-state index < -0.39 is 17.2 Å². The van der Waals surface area contributed by atoms with Gasteiger partial charge >= 0.3 is 252 Å². The number of anilines is 2. The summed E-state index contributed by atoms with van der Waals surface area (Å²) in [4.78, 5) is 15.7. The number of allylic oxidation sites excluding steroid dienone is 2. The minimum absolute atomic E-state index is 0.00299. The molecule has 9 nitrogen and oxygen atoms in total. The van der Waals surface area contributed by atoms with Gasteiger partial charge < -0.3 is 4.74 Å². The molecular formula is C34H34ClN4O5SSe+. The number of benzene rings is 3. The van der Waals surface area contributed by atoms with Gasteiger partial charge in [-0.25, -0.2) is 0 Å². The SMILES string of the molecule is C=CCN1/C(=C/C=C/c2[se]c3cc4ccccc4cc3[n+]2CCC(=O)O)N(CC=C)c2cc(OS(=O)N3CCOCC3)c(Cl)cc21.